The van der Waals surface area contributed by atoms with Crippen LogP contribution in [-0.4, -0.2) is 0 Å². The Morgan fingerprint density at radius 1 is 0.864 bits per heavy atom. The summed E-state index contributed by atoms with van der Waals surface area (Å²) in [5.74, 6) is 0. The van der Waals surface area contributed by atoms with Crippen LogP contribution in [0, 0.1) is 12.3 Å². The standard InChI is InChI=1S/C22H26/c1-16-12-13-18-10-7-9-17-8-5-6-11-19(17)21(20(18)14-16)15-22(2,3)4/h5-6,8,11-15H,7,9-10H2,1-4H3/b21-15-. The molecule has 0 heterocycles. The molecule has 0 nitrogen and oxygen atoms in total. The highest BCUT2D eigenvalue weighted by Gasteiger charge is 2.19. The summed E-state index contributed by atoms with van der Waals surface area (Å²) in [5.41, 5.74) is 8.77. The Bertz CT molecular complexity index is 711. The fraction of sp³-hybridized carbons (Fsp3) is 0.364. The van der Waals surface area contributed by atoms with Crippen molar-refractivity contribution in [1.29, 1.82) is 0 Å². The summed E-state index contributed by atoms with van der Waals surface area (Å²) in [5, 5.41) is 0. The van der Waals surface area contributed by atoms with Gasteiger partial charge in [-0.15, -0.1) is 0 Å². The Morgan fingerprint density at radius 2 is 1.55 bits per heavy atom. The fourth-order valence-corrected chi connectivity index (χ4v) is 3.36. The normalized spacial score (nSPS) is 16.6. The molecule has 0 aliphatic heterocycles. The lowest BCUT2D eigenvalue weighted by molar-refractivity contribution is 0.545. The van der Waals surface area contributed by atoms with Crippen LogP contribution in [0.25, 0.3) is 5.57 Å². The molecular formula is C22H26. The van der Waals surface area contributed by atoms with E-state index in [0.717, 1.165) is 0 Å². The quantitative estimate of drug-likeness (QED) is 0.561. The largest absolute Gasteiger partial charge is 0.0706 e. The highest BCUT2D eigenvalue weighted by atomic mass is 14.2. The van der Waals surface area contributed by atoms with Gasteiger partial charge < -0.3 is 0 Å². The van der Waals surface area contributed by atoms with Crippen LogP contribution < -0.4 is 0 Å². The molecule has 0 saturated carbocycles. The number of rotatable bonds is 0. The van der Waals surface area contributed by atoms with Crippen molar-refractivity contribution >= 4 is 5.57 Å². The van der Waals surface area contributed by atoms with Gasteiger partial charge in [-0.3, -0.25) is 0 Å². The molecule has 0 radical (unpaired) electrons. The van der Waals surface area contributed by atoms with Gasteiger partial charge in [-0.1, -0.05) is 74.9 Å². The second-order valence-electron chi connectivity index (χ2n) is 7.60. The molecule has 0 aromatic heterocycles. The van der Waals surface area contributed by atoms with Crippen LogP contribution in [0.3, 0.4) is 0 Å². The highest BCUT2D eigenvalue weighted by molar-refractivity contribution is 5.84. The third-order valence-electron chi connectivity index (χ3n) is 4.33. The van der Waals surface area contributed by atoms with Gasteiger partial charge in [0.05, 0.1) is 0 Å². The van der Waals surface area contributed by atoms with E-state index in [1.807, 2.05) is 0 Å². The lowest BCUT2D eigenvalue weighted by atomic mass is 9.81. The Labute approximate surface area is 134 Å². The van der Waals surface area contributed by atoms with Crippen LogP contribution in [0.4, 0.5) is 0 Å². The molecule has 3 rings (SSSR count). The number of benzene rings is 2. The minimum atomic E-state index is 0.169. The molecule has 1 aliphatic carbocycles. The van der Waals surface area contributed by atoms with E-state index in [1.54, 1.807) is 0 Å². The van der Waals surface area contributed by atoms with Crippen LogP contribution in [0.15, 0.2) is 48.5 Å². The van der Waals surface area contributed by atoms with Gasteiger partial charge in [0.15, 0.2) is 0 Å². The maximum Gasteiger partial charge on any atom is -0.0140 e. The number of aryl methyl sites for hydroxylation is 3. The van der Waals surface area contributed by atoms with Crippen LogP contribution >= 0.6 is 0 Å². The summed E-state index contributed by atoms with van der Waals surface area (Å²) in [6, 6.07) is 15.9. The molecule has 0 fully saturated rings. The van der Waals surface area contributed by atoms with Crippen molar-refractivity contribution in [3.05, 3.63) is 76.4 Å². The van der Waals surface area contributed by atoms with E-state index in [1.165, 1.54) is 52.7 Å². The second-order valence-corrected chi connectivity index (χ2v) is 7.60. The molecule has 2 aromatic rings. The molecular weight excluding hydrogens is 264 g/mol. The van der Waals surface area contributed by atoms with E-state index in [-0.39, 0.29) is 5.41 Å². The number of hydrogen-bond acceptors (Lipinski definition) is 0. The molecule has 114 valence electrons. The van der Waals surface area contributed by atoms with Crippen molar-refractivity contribution in [1.82, 2.24) is 0 Å². The summed E-state index contributed by atoms with van der Waals surface area (Å²) in [6.07, 6.45) is 6.03. The lowest BCUT2D eigenvalue weighted by Crippen LogP contribution is -2.08. The average molecular weight is 290 g/mol. The Kier molecular flexibility index (Phi) is 3.95. The maximum absolute atomic E-state index is 2.45. The van der Waals surface area contributed by atoms with E-state index in [0.29, 0.717) is 0 Å². The molecule has 0 spiro atoms. The molecule has 0 N–H and O–H groups in total. The van der Waals surface area contributed by atoms with E-state index in [4.69, 9.17) is 0 Å². The molecule has 0 bridgehead atoms. The first kappa shape index (κ1) is 15.1. The van der Waals surface area contributed by atoms with E-state index in [9.17, 15) is 0 Å². The van der Waals surface area contributed by atoms with Gasteiger partial charge in [0.2, 0.25) is 0 Å². The third-order valence-corrected chi connectivity index (χ3v) is 4.33. The topological polar surface area (TPSA) is 0 Å². The molecule has 0 heteroatoms. The number of hydrogen-bond donors (Lipinski definition) is 0. The first-order valence-electron chi connectivity index (χ1n) is 8.35. The monoisotopic (exact) mass is 290 g/mol. The highest BCUT2D eigenvalue weighted by Crippen LogP contribution is 2.36. The summed E-state index contributed by atoms with van der Waals surface area (Å²) in [6.45, 7) is 9.06. The summed E-state index contributed by atoms with van der Waals surface area (Å²) in [7, 11) is 0. The van der Waals surface area contributed by atoms with Crippen molar-refractivity contribution in [2.24, 2.45) is 5.41 Å². The Morgan fingerprint density at radius 3 is 2.27 bits per heavy atom. The molecule has 0 amide bonds. The van der Waals surface area contributed by atoms with E-state index in [2.05, 4.69) is 76.2 Å². The van der Waals surface area contributed by atoms with Crippen LogP contribution in [-0.2, 0) is 12.8 Å². The predicted octanol–water partition coefficient (Wildman–Crippen LogP) is 5.96. The lowest BCUT2D eigenvalue weighted by Gasteiger charge is -2.24. The van der Waals surface area contributed by atoms with Crippen LogP contribution in [0.2, 0.25) is 0 Å². The first-order valence-corrected chi connectivity index (χ1v) is 8.35. The maximum atomic E-state index is 2.45. The van der Waals surface area contributed by atoms with Crippen LogP contribution in [0.5, 0.6) is 0 Å². The number of allylic oxidation sites excluding steroid dienone is 1. The molecule has 2 aromatic carbocycles. The molecule has 22 heavy (non-hydrogen) atoms. The molecule has 1 aliphatic rings. The molecule has 0 atom stereocenters. The minimum absolute atomic E-state index is 0.169. The van der Waals surface area contributed by atoms with Crippen molar-refractivity contribution < 1.29 is 0 Å². The zero-order valence-corrected chi connectivity index (χ0v) is 14.2. The van der Waals surface area contributed by atoms with E-state index >= 15 is 0 Å². The molecule has 0 saturated heterocycles. The van der Waals surface area contributed by atoms with Gasteiger partial charge in [-0.25, -0.2) is 0 Å². The smallest absolute Gasteiger partial charge is 0.0140 e. The van der Waals surface area contributed by atoms with Crippen molar-refractivity contribution in [2.45, 2.75) is 47.0 Å². The number of fused-ring (bicyclic) bond motifs is 2. The molecule has 0 unspecified atom stereocenters. The second kappa shape index (κ2) is 5.76. The summed E-state index contributed by atoms with van der Waals surface area (Å²) < 4.78 is 0. The SMILES string of the molecule is Cc1ccc2c(c1)/C(=C\C(C)(C)C)c1ccccc1CCC2. The predicted molar refractivity (Wildman–Crippen MR) is 96.2 cm³/mol. The van der Waals surface area contributed by atoms with Gasteiger partial charge in [-0.2, -0.15) is 0 Å². The van der Waals surface area contributed by atoms with Crippen molar-refractivity contribution in [3.63, 3.8) is 0 Å². The third kappa shape index (κ3) is 3.16. The van der Waals surface area contributed by atoms with Crippen LogP contribution in [0.1, 0.15) is 55.0 Å². The summed E-state index contributed by atoms with van der Waals surface area (Å²) in [4.78, 5) is 0. The Balaban J connectivity index is 2.29. The zero-order valence-electron chi connectivity index (χ0n) is 14.2. The van der Waals surface area contributed by atoms with Crippen molar-refractivity contribution in [2.75, 3.05) is 0 Å². The minimum Gasteiger partial charge on any atom is -0.0706 e. The summed E-state index contributed by atoms with van der Waals surface area (Å²) >= 11 is 0. The van der Waals surface area contributed by atoms with Crippen molar-refractivity contribution in [3.8, 4) is 0 Å². The van der Waals surface area contributed by atoms with Gasteiger partial charge in [0, 0.05) is 0 Å². The zero-order chi connectivity index (χ0) is 15.7. The van der Waals surface area contributed by atoms with Gasteiger partial charge in [-0.05, 0) is 59.4 Å². The average Bonchev–Trinajstić information content (AvgIpc) is 2.44. The van der Waals surface area contributed by atoms with E-state index < -0.39 is 0 Å². The Hall–Kier alpha value is -1.82. The van der Waals surface area contributed by atoms with Gasteiger partial charge in [0.25, 0.3) is 0 Å². The first-order chi connectivity index (χ1) is 10.4. The fourth-order valence-electron chi connectivity index (χ4n) is 3.36. The van der Waals surface area contributed by atoms with Gasteiger partial charge in [0.1, 0.15) is 0 Å². The van der Waals surface area contributed by atoms with Gasteiger partial charge >= 0.3 is 0 Å².